The average molecular weight is 1510 g/mol. The van der Waals surface area contributed by atoms with Crippen LogP contribution in [0.3, 0.4) is 0 Å². The third-order valence-electron chi connectivity index (χ3n) is 22.8. The van der Waals surface area contributed by atoms with Crippen molar-refractivity contribution in [2.45, 2.75) is 0 Å². The van der Waals surface area contributed by atoms with Gasteiger partial charge in [-0.25, -0.2) is 0 Å². The molecule has 0 aliphatic carbocycles. The van der Waals surface area contributed by atoms with E-state index in [1.165, 1.54) is 65.3 Å². The minimum atomic E-state index is 0.873. The molecule has 0 fully saturated rings. The van der Waals surface area contributed by atoms with Crippen LogP contribution in [0.4, 0.5) is 68.2 Å². The van der Waals surface area contributed by atoms with Crippen molar-refractivity contribution in [3.8, 4) is 44.5 Å². The highest BCUT2D eigenvalue weighted by Crippen LogP contribution is 2.48. The molecule has 0 spiro atoms. The number of furan rings is 2. The molecule has 0 amide bonds. The van der Waals surface area contributed by atoms with Crippen LogP contribution in [-0.2, 0) is 0 Å². The second kappa shape index (κ2) is 30.6. The summed E-state index contributed by atoms with van der Waals surface area (Å²) in [5.41, 5.74) is 26.0. The Morgan fingerprint density at radius 3 is 0.839 bits per heavy atom. The van der Waals surface area contributed by atoms with Gasteiger partial charge in [0.2, 0.25) is 0 Å². The number of benzene rings is 20. The Hall–Kier alpha value is -15.8. The summed E-state index contributed by atoms with van der Waals surface area (Å²) in [5, 5.41) is 14.1. The predicted octanol–water partition coefficient (Wildman–Crippen LogP) is 32.3. The zero-order chi connectivity index (χ0) is 78.2. The third-order valence-corrected chi connectivity index (χ3v) is 22.8. The number of rotatable bonds is 16. The Morgan fingerprint density at radius 2 is 0.415 bits per heavy atom. The van der Waals surface area contributed by atoms with E-state index in [0.29, 0.717) is 0 Å². The predicted molar refractivity (Wildman–Crippen MR) is 498 cm³/mol. The number of para-hydroxylation sites is 4. The van der Waals surface area contributed by atoms with E-state index >= 15 is 0 Å². The molecule has 22 rings (SSSR count). The van der Waals surface area contributed by atoms with Gasteiger partial charge >= 0.3 is 0 Å². The van der Waals surface area contributed by atoms with Gasteiger partial charge in [-0.2, -0.15) is 0 Å². The van der Waals surface area contributed by atoms with Gasteiger partial charge in [-0.15, -0.1) is 0 Å². The highest BCUT2D eigenvalue weighted by Gasteiger charge is 2.23. The fourth-order valence-corrected chi connectivity index (χ4v) is 17.2. The summed E-state index contributed by atoms with van der Waals surface area (Å²) < 4.78 is 12.6. The topological polar surface area (TPSA) is 39.2 Å². The largest absolute Gasteiger partial charge is 0.456 e. The fraction of sp³-hybridized carbons (Fsp3) is 0. The van der Waals surface area contributed by atoms with Crippen LogP contribution in [0.15, 0.2) is 470 Å². The number of anilines is 12. The molecule has 0 aliphatic rings. The molecular formula is C112H76N4O2. The maximum absolute atomic E-state index is 6.28. The lowest BCUT2D eigenvalue weighted by Gasteiger charge is -2.27. The Labute approximate surface area is 684 Å². The standard InChI is InChI=1S/C62H40N2O2.C50H36N2/c1-3-15-43-35-49(29-27-41(43)13-1)63(51-31-33-61-57(39-51)55-23-7-9-25-59(55)65-61)47-19-11-17-45(37-47)53-21-5-6-22-54(53)46-18-12-20-48(38-46)64(50-30-28-42-14-2-4-16-44(42)36-50)52-32-34-62-58(40-52)56-24-8-10-26-60(56)66-62;1-3-19-41(20-4-1)51(49-27-13-17-37-15-7-9-25-47(37)49)43-33-29-39(30-34-43)45-23-11-12-24-46(45)40-31-35-44(36-32-40)52(42-21-5-2-6-22-42)50-28-14-18-38-16-8-10-26-48(38)50/h1-40H;1-36H. The normalized spacial score (nSPS) is 11.4. The van der Waals surface area contributed by atoms with Crippen LogP contribution < -0.4 is 19.6 Å². The monoisotopic (exact) mass is 1510 g/mol. The van der Waals surface area contributed by atoms with Crippen molar-refractivity contribution < 1.29 is 8.83 Å². The Morgan fingerprint density at radius 1 is 0.136 bits per heavy atom. The molecule has 0 bridgehead atoms. The Balaban J connectivity index is 0.000000151. The fourth-order valence-electron chi connectivity index (χ4n) is 17.2. The lowest BCUT2D eigenvalue weighted by atomic mass is 9.93. The van der Waals surface area contributed by atoms with Crippen LogP contribution in [0.1, 0.15) is 0 Å². The number of fused-ring (bicyclic) bond motifs is 10. The maximum atomic E-state index is 6.28. The first kappa shape index (κ1) is 70.1. The highest BCUT2D eigenvalue weighted by molar-refractivity contribution is 6.09. The van der Waals surface area contributed by atoms with Crippen molar-refractivity contribution in [2.24, 2.45) is 0 Å². The van der Waals surface area contributed by atoms with E-state index in [1.54, 1.807) is 0 Å². The molecule has 2 aromatic heterocycles. The van der Waals surface area contributed by atoms with Gasteiger partial charge in [0.15, 0.2) is 0 Å². The minimum absolute atomic E-state index is 0.873. The molecular weight excluding hydrogens is 1430 g/mol. The van der Waals surface area contributed by atoms with Crippen molar-refractivity contribution in [1.29, 1.82) is 0 Å². The van der Waals surface area contributed by atoms with E-state index < -0.39 is 0 Å². The van der Waals surface area contributed by atoms with Gasteiger partial charge < -0.3 is 28.4 Å². The summed E-state index contributed by atoms with van der Waals surface area (Å²) >= 11 is 0. The second-order valence-electron chi connectivity index (χ2n) is 29.9. The van der Waals surface area contributed by atoms with E-state index in [1.807, 2.05) is 24.3 Å². The van der Waals surface area contributed by atoms with Crippen molar-refractivity contribution in [1.82, 2.24) is 0 Å². The SMILES string of the molecule is c1cc(-c2ccccc2-c2cccc(N(c3ccc4ccccc4c3)c3ccc4oc5ccccc5c4c3)c2)cc(N(c2ccc3ccccc3c2)c2ccc3oc4ccccc4c3c2)c1.c1ccc(N(c2ccc(-c3ccccc3-c3ccc(N(c4ccccc4)c4cccc5ccccc45)cc3)cc2)c2cccc3ccccc23)cc1. The van der Waals surface area contributed by atoms with E-state index in [0.717, 1.165) is 134 Å². The van der Waals surface area contributed by atoms with E-state index in [9.17, 15) is 0 Å². The van der Waals surface area contributed by atoms with Crippen molar-refractivity contribution in [3.63, 3.8) is 0 Å². The van der Waals surface area contributed by atoms with Crippen molar-refractivity contribution in [3.05, 3.63) is 461 Å². The first-order chi connectivity index (χ1) is 58.5. The molecule has 2 heterocycles. The molecule has 6 nitrogen and oxygen atoms in total. The summed E-state index contributed by atoms with van der Waals surface area (Å²) in [6.45, 7) is 0. The van der Waals surface area contributed by atoms with Gasteiger partial charge in [0.25, 0.3) is 0 Å². The van der Waals surface area contributed by atoms with E-state index in [2.05, 4.69) is 456 Å². The van der Waals surface area contributed by atoms with Gasteiger partial charge in [-0.1, -0.05) is 303 Å². The second-order valence-corrected chi connectivity index (χ2v) is 29.9. The quantitative estimate of drug-likeness (QED) is 0.0960. The molecule has 0 unspecified atom stereocenters. The molecule has 0 radical (unpaired) electrons. The maximum Gasteiger partial charge on any atom is 0.135 e. The summed E-state index contributed by atoms with van der Waals surface area (Å²) in [4.78, 5) is 9.43. The number of nitrogens with zero attached hydrogens (tertiary/aromatic N) is 4. The summed E-state index contributed by atoms with van der Waals surface area (Å²) in [7, 11) is 0. The molecule has 20 aromatic carbocycles. The number of hydrogen-bond acceptors (Lipinski definition) is 6. The third kappa shape index (κ3) is 13.3. The number of hydrogen-bond donors (Lipinski definition) is 0. The lowest BCUT2D eigenvalue weighted by Crippen LogP contribution is -2.10. The van der Waals surface area contributed by atoms with E-state index in [-0.39, 0.29) is 0 Å². The molecule has 0 aliphatic heterocycles. The zero-order valence-electron chi connectivity index (χ0n) is 64.5. The van der Waals surface area contributed by atoms with Crippen LogP contribution >= 0.6 is 0 Å². The van der Waals surface area contributed by atoms with Crippen LogP contribution in [-0.4, -0.2) is 0 Å². The summed E-state index contributed by atoms with van der Waals surface area (Å²) in [5.74, 6) is 0. The van der Waals surface area contributed by atoms with Gasteiger partial charge in [-0.05, 0) is 235 Å². The van der Waals surface area contributed by atoms with Gasteiger partial charge in [0.1, 0.15) is 22.3 Å². The molecule has 0 saturated carbocycles. The first-order valence-electron chi connectivity index (χ1n) is 40.2. The van der Waals surface area contributed by atoms with Crippen LogP contribution in [0, 0.1) is 0 Å². The molecule has 556 valence electrons. The summed E-state index contributed by atoms with van der Waals surface area (Å²) in [6, 6.07) is 165. The lowest BCUT2D eigenvalue weighted by molar-refractivity contribution is 0.668. The first-order valence-corrected chi connectivity index (χ1v) is 40.2. The van der Waals surface area contributed by atoms with Crippen LogP contribution in [0.2, 0.25) is 0 Å². The van der Waals surface area contributed by atoms with Crippen molar-refractivity contribution >= 4 is 155 Å². The van der Waals surface area contributed by atoms with Crippen LogP contribution in [0.5, 0.6) is 0 Å². The molecule has 0 N–H and O–H groups in total. The molecule has 22 aromatic rings. The Kier molecular flexibility index (Phi) is 18.2. The van der Waals surface area contributed by atoms with Crippen molar-refractivity contribution in [2.75, 3.05) is 19.6 Å². The van der Waals surface area contributed by atoms with E-state index in [4.69, 9.17) is 8.83 Å². The molecule has 118 heavy (non-hydrogen) atoms. The Bertz CT molecular complexity index is 7020. The molecule has 0 atom stereocenters. The molecule has 0 saturated heterocycles. The zero-order valence-corrected chi connectivity index (χ0v) is 64.5. The van der Waals surface area contributed by atoms with Gasteiger partial charge in [0.05, 0.1) is 11.4 Å². The van der Waals surface area contributed by atoms with Gasteiger partial charge in [0, 0.05) is 89.2 Å². The smallest absolute Gasteiger partial charge is 0.135 e. The average Bonchev–Trinajstić information content (AvgIpc) is 1.41. The minimum Gasteiger partial charge on any atom is -0.456 e. The van der Waals surface area contributed by atoms with Crippen LogP contribution in [0.25, 0.3) is 131 Å². The summed E-state index contributed by atoms with van der Waals surface area (Å²) in [6.07, 6.45) is 0. The van der Waals surface area contributed by atoms with Gasteiger partial charge in [-0.3, -0.25) is 0 Å². The highest BCUT2D eigenvalue weighted by atomic mass is 16.3. The molecule has 6 heteroatoms.